The lowest BCUT2D eigenvalue weighted by atomic mass is 10.3. The van der Waals surface area contributed by atoms with E-state index in [4.69, 9.17) is 0 Å². The number of halogens is 3. The van der Waals surface area contributed by atoms with Gasteiger partial charge in [-0.2, -0.15) is 8.78 Å². The zero-order valence-electron chi connectivity index (χ0n) is 5.00. The molecule has 0 N–H and O–H groups in total. The minimum Gasteiger partial charge on any atom is -0.247 e. The maximum Gasteiger partial charge on any atom is 0.298 e. The summed E-state index contributed by atoms with van der Waals surface area (Å²) in [6.45, 7) is 1.28. The zero-order valence-corrected chi connectivity index (χ0v) is 5.00. The van der Waals surface area contributed by atoms with Crippen LogP contribution in [0.5, 0.6) is 0 Å². The lowest BCUT2D eigenvalue weighted by Gasteiger charge is -1.88. The van der Waals surface area contributed by atoms with Gasteiger partial charge in [-0.05, 0) is 12.8 Å². The van der Waals surface area contributed by atoms with E-state index in [1.807, 2.05) is 5.92 Å². The highest BCUT2D eigenvalue weighted by atomic mass is 19.3. The van der Waals surface area contributed by atoms with E-state index in [0.29, 0.717) is 0 Å². The number of rotatable bonds is 1. The average Bonchev–Trinajstić information content (AvgIpc) is 1.63. The van der Waals surface area contributed by atoms with Gasteiger partial charge in [-0.15, -0.1) is 0 Å². The molecule has 3 heteroatoms. The van der Waals surface area contributed by atoms with Crippen molar-refractivity contribution in [3.8, 4) is 11.8 Å². The van der Waals surface area contributed by atoms with Crippen molar-refractivity contribution in [2.24, 2.45) is 0 Å². The van der Waals surface area contributed by atoms with Crippen LogP contribution in [-0.2, 0) is 0 Å². The summed E-state index contributed by atoms with van der Waals surface area (Å²) in [7, 11) is 0. The van der Waals surface area contributed by atoms with Gasteiger partial charge in [-0.1, -0.05) is 5.92 Å². The van der Waals surface area contributed by atoms with Crippen LogP contribution in [0.25, 0.3) is 0 Å². The van der Waals surface area contributed by atoms with Gasteiger partial charge in [0.15, 0.2) is 0 Å². The molecule has 0 heterocycles. The molecule has 0 nitrogen and oxygen atoms in total. The molecule has 0 spiro atoms. The molecule has 0 aromatic carbocycles. The van der Waals surface area contributed by atoms with Crippen molar-refractivity contribution in [3.05, 3.63) is 0 Å². The molecule has 1 unspecified atom stereocenters. The van der Waals surface area contributed by atoms with Crippen molar-refractivity contribution in [2.45, 2.75) is 25.9 Å². The van der Waals surface area contributed by atoms with Crippen LogP contribution in [0.3, 0.4) is 0 Å². The Balaban J connectivity index is 3.38. The van der Waals surface area contributed by atoms with Gasteiger partial charge in [-0.3, -0.25) is 0 Å². The largest absolute Gasteiger partial charge is 0.298 e. The fraction of sp³-hybridized carbons (Fsp3) is 0.667. The van der Waals surface area contributed by atoms with E-state index in [-0.39, 0.29) is 6.42 Å². The minimum atomic E-state index is -2.64. The average molecular weight is 136 g/mol. The lowest BCUT2D eigenvalue weighted by Crippen LogP contribution is -1.89. The first kappa shape index (κ1) is 8.35. The molecule has 0 amide bonds. The van der Waals surface area contributed by atoms with Gasteiger partial charge in [0, 0.05) is 6.42 Å². The van der Waals surface area contributed by atoms with Crippen LogP contribution >= 0.6 is 0 Å². The fourth-order valence-electron chi connectivity index (χ4n) is 0.277. The third kappa shape index (κ3) is 7.35. The van der Waals surface area contributed by atoms with Crippen LogP contribution in [-0.4, -0.2) is 12.6 Å². The summed E-state index contributed by atoms with van der Waals surface area (Å²) >= 11 is 0. The topological polar surface area (TPSA) is 0 Å². The molecule has 0 aliphatic carbocycles. The maximum atomic E-state index is 11.8. The summed E-state index contributed by atoms with van der Waals surface area (Å²) in [5.41, 5.74) is 0. The van der Waals surface area contributed by atoms with Gasteiger partial charge < -0.3 is 0 Å². The van der Waals surface area contributed by atoms with Crippen molar-refractivity contribution in [1.29, 1.82) is 0 Å². The van der Waals surface area contributed by atoms with Gasteiger partial charge in [0.1, 0.15) is 6.17 Å². The molecule has 1 atom stereocenters. The first-order valence-corrected chi connectivity index (χ1v) is 2.53. The lowest BCUT2D eigenvalue weighted by molar-refractivity contribution is 0.215. The SMILES string of the molecule is CC(F)CC#CC(F)F. The summed E-state index contributed by atoms with van der Waals surface area (Å²) in [6.07, 6.45) is -3.86. The molecule has 0 aliphatic rings. The molecule has 9 heavy (non-hydrogen) atoms. The third-order valence-corrected chi connectivity index (χ3v) is 0.595. The monoisotopic (exact) mass is 136 g/mol. The van der Waals surface area contributed by atoms with E-state index < -0.39 is 12.6 Å². The van der Waals surface area contributed by atoms with Crippen molar-refractivity contribution >= 4 is 0 Å². The Hall–Kier alpha value is -0.650. The van der Waals surface area contributed by atoms with E-state index in [0.717, 1.165) is 0 Å². The highest BCUT2D eigenvalue weighted by Crippen LogP contribution is 1.94. The zero-order chi connectivity index (χ0) is 7.28. The van der Waals surface area contributed by atoms with Gasteiger partial charge in [0.2, 0.25) is 0 Å². The van der Waals surface area contributed by atoms with Crippen LogP contribution in [0.1, 0.15) is 13.3 Å². The molecule has 0 saturated carbocycles. The summed E-state index contributed by atoms with van der Waals surface area (Å²) in [5.74, 6) is 3.56. The van der Waals surface area contributed by atoms with Crippen LogP contribution in [0.2, 0.25) is 0 Å². The summed E-state index contributed by atoms with van der Waals surface area (Å²) in [6, 6.07) is 0. The van der Waals surface area contributed by atoms with E-state index in [2.05, 4.69) is 0 Å². The predicted molar refractivity (Wildman–Crippen MR) is 29.0 cm³/mol. The van der Waals surface area contributed by atoms with Crippen molar-refractivity contribution < 1.29 is 13.2 Å². The normalized spacial score (nSPS) is 12.6. The first-order valence-electron chi connectivity index (χ1n) is 2.53. The summed E-state index contributed by atoms with van der Waals surface area (Å²) < 4.78 is 34.2. The first-order chi connectivity index (χ1) is 4.13. The Morgan fingerprint density at radius 3 is 2.22 bits per heavy atom. The van der Waals surface area contributed by atoms with Crippen LogP contribution in [0, 0.1) is 11.8 Å². The standard InChI is InChI=1S/C6H7F3/c1-5(7)3-2-4-6(8)9/h5-6H,3H2,1H3. The number of alkyl halides is 3. The second kappa shape index (κ2) is 4.25. The molecule has 0 aliphatic heterocycles. The fourth-order valence-corrected chi connectivity index (χ4v) is 0.277. The van der Waals surface area contributed by atoms with Crippen molar-refractivity contribution in [1.82, 2.24) is 0 Å². The van der Waals surface area contributed by atoms with E-state index in [1.54, 1.807) is 5.92 Å². The van der Waals surface area contributed by atoms with Crippen LogP contribution < -0.4 is 0 Å². The molecule has 0 fully saturated rings. The Morgan fingerprint density at radius 1 is 1.33 bits per heavy atom. The Labute approximate surface area is 52.1 Å². The van der Waals surface area contributed by atoms with Crippen molar-refractivity contribution in [2.75, 3.05) is 0 Å². The molecule has 0 aromatic rings. The highest BCUT2D eigenvalue weighted by molar-refractivity contribution is 5.01. The predicted octanol–water partition coefficient (Wildman–Crippen LogP) is 2.00. The molecular weight excluding hydrogens is 129 g/mol. The van der Waals surface area contributed by atoms with Crippen LogP contribution in [0.15, 0.2) is 0 Å². The summed E-state index contributed by atoms with van der Waals surface area (Å²) in [4.78, 5) is 0. The van der Waals surface area contributed by atoms with E-state index in [1.165, 1.54) is 6.92 Å². The van der Waals surface area contributed by atoms with E-state index in [9.17, 15) is 13.2 Å². The molecule has 0 bridgehead atoms. The van der Waals surface area contributed by atoms with Gasteiger partial charge in [-0.25, -0.2) is 4.39 Å². The quantitative estimate of drug-likeness (QED) is 0.483. The second-order valence-corrected chi connectivity index (χ2v) is 1.61. The molecule has 0 saturated heterocycles. The Bertz CT molecular complexity index is 118. The molecule has 0 radical (unpaired) electrons. The van der Waals surface area contributed by atoms with Gasteiger partial charge >= 0.3 is 0 Å². The Morgan fingerprint density at radius 2 is 1.89 bits per heavy atom. The summed E-state index contributed by atoms with van der Waals surface area (Å²) in [5, 5.41) is 0. The van der Waals surface area contributed by atoms with Crippen molar-refractivity contribution in [3.63, 3.8) is 0 Å². The van der Waals surface area contributed by atoms with Gasteiger partial charge in [0.25, 0.3) is 6.43 Å². The van der Waals surface area contributed by atoms with E-state index >= 15 is 0 Å². The highest BCUT2D eigenvalue weighted by Gasteiger charge is 1.94. The third-order valence-electron chi connectivity index (χ3n) is 0.595. The minimum absolute atomic E-state index is 0.107. The molecule has 52 valence electrons. The Kier molecular flexibility index (Phi) is 3.94. The number of hydrogen-bond donors (Lipinski definition) is 0. The molecule has 0 rings (SSSR count). The van der Waals surface area contributed by atoms with Gasteiger partial charge in [0.05, 0.1) is 0 Å². The molecular formula is C6H7F3. The molecule has 0 aromatic heterocycles. The smallest absolute Gasteiger partial charge is 0.247 e. The second-order valence-electron chi connectivity index (χ2n) is 1.61. The number of hydrogen-bond acceptors (Lipinski definition) is 0. The maximum absolute atomic E-state index is 11.8. The van der Waals surface area contributed by atoms with Crippen LogP contribution in [0.4, 0.5) is 13.2 Å².